The molecule has 1 aliphatic heterocycles. The Morgan fingerprint density at radius 2 is 1.45 bits per heavy atom. The van der Waals surface area contributed by atoms with Crippen LogP contribution in [0.4, 0.5) is 5.69 Å². The maximum Gasteiger partial charge on any atom is 0.0723 e. The SMILES string of the molecule is C1=c2ccc3c(c2-c2ccccc21)-c1ccccc1N=3. The quantitative estimate of drug-likeness (QED) is 0.401. The molecule has 1 aliphatic carbocycles. The summed E-state index contributed by atoms with van der Waals surface area (Å²) in [6.45, 7) is 0. The van der Waals surface area contributed by atoms with Crippen LogP contribution in [0, 0.1) is 0 Å². The molecule has 3 aromatic rings. The lowest BCUT2D eigenvalue weighted by molar-refractivity contribution is 1.41. The van der Waals surface area contributed by atoms with Gasteiger partial charge in [0.2, 0.25) is 0 Å². The maximum absolute atomic E-state index is 4.75. The lowest BCUT2D eigenvalue weighted by Crippen LogP contribution is -2.11. The zero-order valence-corrected chi connectivity index (χ0v) is 10.8. The van der Waals surface area contributed by atoms with Crippen LogP contribution < -0.4 is 10.6 Å². The molecule has 1 heterocycles. The van der Waals surface area contributed by atoms with Crippen molar-refractivity contribution >= 4 is 11.8 Å². The second-order valence-corrected chi connectivity index (χ2v) is 5.28. The monoisotopic (exact) mass is 253 g/mol. The van der Waals surface area contributed by atoms with Crippen LogP contribution in [0.15, 0.2) is 65.7 Å². The molecule has 1 heteroatoms. The summed E-state index contributed by atoms with van der Waals surface area (Å²) in [7, 11) is 0. The van der Waals surface area contributed by atoms with Gasteiger partial charge in [0.1, 0.15) is 0 Å². The first-order valence-corrected chi connectivity index (χ1v) is 6.84. The van der Waals surface area contributed by atoms with Crippen LogP contribution in [0.25, 0.3) is 28.3 Å². The van der Waals surface area contributed by atoms with Crippen molar-refractivity contribution in [3.05, 3.63) is 76.8 Å². The molecule has 0 N–H and O–H groups in total. The standard InChI is InChI=1S/C19H11N/c1-2-6-14-12(5-1)11-13-9-10-17-19(18(13)14)15-7-3-4-8-16(15)20-17/h1-11H. The summed E-state index contributed by atoms with van der Waals surface area (Å²) in [4.78, 5) is 4.75. The highest BCUT2D eigenvalue weighted by molar-refractivity contribution is 5.96. The molecule has 3 aromatic carbocycles. The average Bonchev–Trinajstić information content (AvgIpc) is 3.04. The molecule has 0 atom stereocenters. The number of nitrogens with zero attached hydrogens (tertiary/aromatic N) is 1. The van der Waals surface area contributed by atoms with E-state index >= 15 is 0 Å². The van der Waals surface area contributed by atoms with Gasteiger partial charge in [-0.15, -0.1) is 0 Å². The molecule has 92 valence electrons. The van der Waals surface area contributed by atoms with Gasteiger partial charge in [0.05, 0.1) is 11.0 Å². The van der Waals surface area contributed by atoms with Gasteiger partial charge >= 0.3 is 0 Å². The van der Waals surface area contributed by atoms with Crippen LogP contribution in [-0.2, 0) is 0 Å². The highest BCUT2D eigenvalue weighted by atomic mass is 14.8. The number of para-hydroxylation sites is 1. The number of hydrogen-bond donors (Lipinski definition) is 0. The van der Waals surface area contributed by atoms with E-state index in [1.54, 1.807) is 0 Å². The third kappa shape index (κ3) is 1.15. The molecule has 0 fully saturated rings. The molecule has 20 heavy (non-hydrogen) atoms. The third-order valence-electron chi connectivity index (χ3n) is 4.17. The number of hydrogen-bond acceptors (Lipinski definition) is 1. The van der Waals surface area contributed by atoms with E-state index in [2.05, 4.69) is 66.7 Å². The first kappa shape index (κ1) is 10.2. The average molecular weight is 253 g/mol. The van der Waals surface area contributed by atoms with Crippen molar-refractivity contribution in [2.24, 2.45) is 4.99 Å². The first-order valence-electron chi connectivity index (χ1n) is 6.84. The topological polar surface area (TPSA) is 12.4 Å². The predicted molar refractivity (Wildman–Crippen MR) is 81.3 cm³/mol. The summed E-state index contributed by atoms with van der Waals surface area (Å²) in [5.41, 5.74) is 7.60. The second-order valence-electron chi connectivity index (χ2n) is 5.28. The van der Waals surface area contributed by atoms with Crippen molar-refractivity contribution in [1.29, 1.82) is 0 Å². The fourth-order valence-electron chi connectivity index (χ4n) is 3.31. The fourth-order valence-corrected chi connectivity index (χ4v) is 3.31. The minimum atomic E-state index is 1.08. The summed E-state index contributed by atoms with van der Waals surface area (Å²) in [6, 6.07) is 21.3. The van der Waals surface area contributed by atoms with Crippen LogP contribution in [0.3, 0.4) is 0 Å². The van der Waals surface area contributed by atoms with Crippen LogP contribution in [-0.4, -0.2) is 0 Å². The largest absolute Gasteiger partial charge is 0.248 e. The van der Waals surface area contributed by atoms with Gasteiger partial charge in [0.15, 0.2) is 0 Å². The van der Waals surface area contributed by atoms with Gasteiger partial charge in [0.25, 0.3) is 0 Å². The minimum absolute atomic E-state index is 1.08. The van der Waals surface area contributed by atoms with E-state index in [1.165, 1.54) is 33.0 Å². The van der Waals surface area contributed by atoms with Crippen LogP contribution in [0.1, 0.15) is 5.56 Å². The van der Waals surface area contributed by atoms with E-state index in [-0.39, 0.29) is 0 Å². The van der Waals surface area contributed by atoms with Crippen molar-refractivity contribution in [2.75, 3.05) is 0 Å². The van der Waals surface area contributed by atoms with E-state index in [1.807, 2.05) is 0 Å². The highest BCUT2D eigenvalue weighted by Crippen LogP contribution is 2.39. The number of fused-ring (bicyclic) bond motifs is 7. The Hall–Kier alpha value is -2.67. The highest BCUT2D eigenvalue weighted by Gasteiger charge is 2.22. The summed E-state index contributed by atoms with van der Waals surface area (Å²) in [5, 5.41) is 2.40. The smallest absolute Gasteiger partial charge is 0.0723 e. The van der Waals surface area contributed by atoms with E-state index in [0.717, 1.165) is 11.0 Å². The lowest BCUT2D eigenvalue weighted by atomic mass is 9.95. The van der Waals surface area contributed by atoms with Crippen molar-refractivity contribution < 1.29 is 0 Å². The molecule has 0 spiro atoms. The van der Waals surface area contributed by atoms with E-state index in [0.29, 0.717) is 0 Å². The molecule has 0 unspecified atom stereocenters. The number of benzene rings is 3. The van der Waals surface area contributed by atoms with Crippen molar-refractivity contribution in [3.8, 4) is 22.3 Å². The first-order chi connectivity index (χ1) is 9.92. The molecule has 0 saturated heterocycles. The van der Waals surface area contributed by atoms with Gasteiger partial charge in [-0.25, -0.2) is 4.99 Å². The Morgan fingerprint density at radius 3 is 2.40 bits per heavy atom. The predicted octanol–water partition coefficient (Wildman–Crippen LogP) is 3.43. The van der Waals surface area contributed by atoms with Crippen molar-refractivity contribution in [3.63, 3.8) is 0 Å². The normalized spacial score (nSPS) is 12.8. The van der Waals surface area contributed by atoms with Crippen molar-refractivity contribution in [1.82, 2.24) is 0 Å². The molecular formula is C19H11N. The molecule has 1 nitrogen and oxygen atoms in total. The molecule has 0 saturated carbocycles. The molecular weight excluding hydrogens is 242 g/mol. The molecule has 5 rings (SSSR count). The van der Waals surface area contributed by atoms with Crippen LogP contribution >= 0.6 is 0 Å². The minimum Gasteiger partial charge on any atom is -0.248 e. The van der Waals surface area contributed by atoms with Crippen LogP contribution in [0.2, 0.25) is 0 Å². The van der Waals surface area contributed by atoms with Gasteiger partial charge < -0.3 is 0 Å². The van der Waals surface area contributed by atoms with E-state index < -0.39 is 0 Å². The van der Waals surface area contributed by atoms with Gasteiger partial charge in [-0.2, -0.15) is 0 Å². The summed E-state index contributed by atoms with van der Waals surface area (Å²) in [6.07, 6.45) is 2.27. The molecule has 0 amide bonds. The third-order valence-corrected chi connectivity index (χ3v) is 4.17. The van der Waals surface area contributed by atoms with Crippen LogP contribution in [0.5, 0.6) is 0 Å². The zero-order chi connectivity index (χ0) is 13.1. The van der Waals surface area contributed by atoms with E-state index in [4.69, 9.17) is 4.99 Å². The molecule has 0 aromatic heterocycles. The summed E-state index contributed by atoms with van der Waals surface area (Å²) in [5.74, 6) is 0. The summed E-state index contributed by atoms with van der Waals surface area (Å²) >= 11 is 0. The Morgan fingerprint density at radius 1 is 0.650 bits per heavy atom. The fraction of sp³-hybridized carbons (Fsp3) is 0. The maximum atomic E-state index is 4.75. The Kier molecular flexibility index (Phi) is 1.75. The Balaban J connectivity index is 1.98. The Bertz CT molecular complexity index is 914. The molecule has 0 radical (unpaired) electrons. The van der Waals surface area contributed by atoms with Gasteiger partial charge in [-0.1, -0.05) is 48.5 Å². The van der Waals surface area contributed by atoms with Gasteiger partial charge in [0, 0.05) is 11.1 Å². The summed E-state index contributed by atoms with van der Waals surface area (Å²) < 4.78 is 0. The Labute approximate surface area is 116 Å². The second kappa shape index (κ2) is 3.45. The van der Waals surface area contributed by atoms with Gasteiger partial charge in [-0.3, -0.25) is 0 Å². The molecule has 0 bridgehead atoms. The van der Waals surface area contributed by atoms with Gasteiger partial charge in [-0.05, 0) is 40.1 Å². The number of rotatable bonds is 0. The zero-order valence-electron chi connectivity index (χ0n) is 10.8. The lowest BCUT2D eigenvalue weighted by Gasteiger charge is -2.07. The van der Waals surface area contributed by atoms with E-state index in [9.17, 15) is 0 Å². The van der Waals surface area contributed by atoms with Crippen molar-refractivity contribution in [2.45, 2.75) is 0 Å². The molecule has 2 aliphatic rings.